The predicted molar refractivity (Wildman–Crippen MR) is 83.5 cm³/mol. The normalized spacial score (nSPS) is 29.0. The number of aromatic nitrogens is 2. The van der Waals surface area contributed by atoms with Crippen molar-refractivity contribution in [3.63, 3.8) is 0 Å². The highest BCUT2D eigenvalue weighted by Gasteiger charge is 2.61. The van der Waals surface area contributed by atoms with Crippen molar-refractivity contribution in [1.82, 2.24) is 9.38 Å². The van der Waals surface area contributed by atoms with Gasteiger partial charge in [-0.3, -0.25) is 0 Å². The minimum atomic E-state index is -2.71. The molecule has 0 spiro atoms. The molecule has 1 atom stereocenters. The van der Waals surface area contributed by atoms with E-state index in [0.717, 1.165) is 18.5 Å². The lowest BCUT2D eigenvalue weighted by molar-refractivity contribution is 0.0154. The molecule has 6 nitrogen and oxygen atoms in total. The van der Waals surface area contributed by atoms with E-state index in [9.17, 15) is 18.7 Å². The molecule has 1 saturated carbocycles. The number of imidazole rings is 1. The summed E-state index contributed by atoms with van der Waals surface area (Å²) in [5, 5.41) is 9.37. The fraction of sp³-hybridized carbons (Fsp3) is 0.529. The number of fused-ring (bicyclic) bond motifs is 2. The molecular formula is C17H18F2N2O4. The standard InChI is InChI=1S/C17H18F2N2O4/c1-9(14(18)19)25-11-3-13-20-12(5-21(13)4-10(11)15(22)23)17-6-16(2,7-17)24-8-17/h3-5,9,14H,6-8H2,1-2H3,(H,22,23)/t9-,16?,17?/m0/s1. The van der Waals surface area contributed by atoms with E-state index in [1.165, 1.54) is 19.2 Å². The van der Waals surface area contributed by atoms with Gasteiger partial charge in [0.2, 0.25) is 0 Å². The van der Waals surface area contributed by atoms with Gasteiger partial charge in [0.25, 0.3) is 6.43 Å². The van der Waals surface area contributed by atoms with E-state index in [1.807, 2.05) is 0 Å². The second-order valence-corrected chi connectivity index (χ2v) is 7.28. The van der Waals surface area contributed by atoms with Crippen LogP contribution in [0, 0.1) is 0 Å². The summed E-state index contributed by atoms with van der Waals surface area (Å²) in [5.41, 5.74) is 0.886. The molecule has 2 bridgehead atoms. The van der Waals surface area contributed by atoms with Gasteiger partial charge < -0.3 is 19.0 Å². The van der Waals surface area contributed by atoms with E-state index >= 15 is 0 Å². The van der Waals surface area contributed by atoms with Crippen LogP contribution in [0.15, 0.2) is 18.5 Å². The summed E-state index contributed by atoms with van der Waals surface area (Å²) >= 11 is 0. The highest BCUT2D eigenvalue weighted by atomic mass is 19.3. The number of hydrogen-bond acceptors (Lipinski definition) is 4. The zero-order valence-corrected chi connectivity index (χ0v) is 13.8. The van der Waals surface area contributed by atoms with Gasteiger partial charge in [-0.05, 0) is 26.7 Å². The van der Waals surface area contributed by atoms with E-state index in [-0.39, 0.29) is 22.3 Å². The topological polar surface area (TPSA) is 73.1 Å². The lowest BCUT2D eigenvalue weighted by Crippen LogP contribution is -2.45. The summed E-state index contributed by atoms with van der Waals surface area (Å²) in [5.74, 6) is -1.35. The van der Waals surface area contributed by atoms with Gasteiger partial charge in [0.05, 0.1) is 17.9 Å². The smallest absolute Gasteiger partial charge is 0.341 e. The number of nitrogens with zero attached hydrogens (tertiary/aromatic N) is 2. The number of rotatable bonds is 5. The Morgan fingerprint density at radius 3 is 2.72 bits per heavy atom. The molecule has 2 aromatic rings. The molecule has 0 radical (unpaired) electrons. The predicted octanol–water partition coefficient (Wildman–Crippen LogP) is 2.89. The minimum Gasteiger partial charge on any atom is -0.484 e. The molecule has 2 aromatic heterocycles. The Morgan fingerprint density at radius 2 is 2.16 bits per heavy atom. The average Bonchev–Trinajstić information content (AvgIpc) is 3.16. The molecule has 1 N–H and O–H groups in total. The van der Waals surface area contributed by atoms with Crippen molar-refractivity contribution in [3.8, 4) is 5.75 Å². The van der Waals surface area contributed by atoms with E-state index < -0.39 is 18.5 Å². The van der Waals surface area contributed by atoms with Crippen molar-refractivity contribution >= 4 is 11.6 Å². The summed E-state index contributed by atoms with van der Waals surface area (Å²) in [7, 11) is 0. The van der Waals surface area contributed by atoms with Gasteiger partial charge in [-0.1, -0.05) is 0 Å². The molecule has 0 aromatic carbocycles. The first-order chi connectivity index (χ1) is 11.7. The van der Waals surface area contributed by atoms with Crippen molar-refractivity contribution < 1.29 is 28.2 Å². The summed E-state index contributed by atoms with van der Waals surface area (Å²) in [4.78, 5) is 16.0. The maximum Gasteiger partial charge on any atom is 0.341 e. The van der Waals surface area contributed by atoms with Crippen LogP contribution in [0.2, 0.25) is 0 Å². The third kappa shape index (κ3) is 2.47. The van der Waals surface area contributed by atoms with Gasteiger partial charge in [0, 0.05) is 23.9 Å². The number of aromatic carboxylic acids is 1. The molecule has 5 rings (SSSR count). The Labute approximate surface area is 142 Å². The van der Waals surface area contributed by atoms with Gasteiger partial charge in [-0.15, -0.1) is 0 Å². The van der Waals surface area contributed by atoms with E-state index in [0.29, 0.717) is 12.3 Å². The van der Waals surface area contributed by atoms with Gasteiger partial charge >= 0.3 is 5.97 Å². The van der Waals surface area contributed by atoms with Crippen LogP contribution in [0.4, 0.5) is 8.78 Å². The number of ether oxygens (including phenoxy) is 2. The van der Waals surface area contributed by atoms with Crippen LogP contribution in [-0.2, 0) is 10.2 Å². The number of hydrogen-bond donors (Lipinski definition) is 1. The Balaban J connectivity index is 1.74. The average molecular weight is 352 g/mol. The number of halogens is 2. The maximum atomic E-state index is 12.8. The summed E-state index contributed by atoms with van der Waals surface area (Å²) < 4.78 is 38.0. The van der Waals surface area contributed by atoms with Crippen molar-refractivity contribution in [2.75, 3.05) is 6.61 Å². The van der Waals surface area contributed by atoms with Gasteiger partial charge in [-0.2, -0.15) is 0 Å². The van der Waals surface area contributed by atoms with Crippen LogP contribution in [0.1, 0.15) is 42.7 Å². The molecule has 3 fully saturated rings. The van der Waals surface area contributed by atoms with Crippen molar-refractivity contribution in [1.29, 1.82) is 0 Å². The van der Waals surface area contributed by atoms with Crippen LogP contribution in [0.3, 0.4) is 0 Å². The lowest BCUT2D eigenvalue weighted by atomic mass is 9.62. The van der Waals surface area contributed by atoms with Gasteiger partial charge in [0.1, 0.15) is 17.0 Å². The molecule has 25 heavy (non-hydrogen) atoms. The molecule has 1 aliphatic carbocycles. The Morgan fingerprint density at radius 1 is 1.44 bits per heavy atom. The minimum absolute atomic E-state index is 0.0943. The van der Waals surface area contributed by atoms with Gasteiger partial charge in [0.15, 0.2) is 6.10 Å². The lowest BCUT2D eigenvalue weighted by Gasteiger charge is -2.41. The third-order valence-electron chi connectivity index (χ3n) is 5.12. The number of carbonyl (C=O) groups is 1. The zero-order valence-electron chi connectivity index (χ0n) is 13.8. The number of carboxylic acids is 1. The molecule has 2 saturated heterocycles. The van der Waals surface area contributed by atoms with Crippen LogP contribution in [0.25, 0.3) is 5.65 Å². The molecule has 0 amide bonds. The van der Waals surface area contributed by atoms with Crippen LogP contribution in [-0.4, -0.2) is 45.2 Å². The zero-order chi connectivity index (χ0) is 18.0. The largest absolute Gasteiger partial charge is 0.484 e. The quantitative estimate of drug-likeness (QED) is 0.896. The first-order valence-electron chi connectivity index (χ1n) is 8.07. The first-order valence-corrected chi connectivity index (χ1v) is 8.07. The van der Waals surface area contributed by atoms with Crippen molar-refractivity contribution in [2.24, 2.45) is 0 Å². The summed E-state index contributed by atoms with van der Waals surface area (Å²) in [6, 6.07) is 1.40. The SMILES string of the molecule is C[C@H](Oc1cc2nc(C34COC(C)(C3)C4)cn2cc1C(=O)O)C(F)F. The molecule has 134 valence electrons. The molecular weight excluding hydrogens is 334 g/mol. The molecule has 8 heteroatoms. The monoisotopic (exact) mass is 352 g/mol. The Kier molecular flexibility index (Phi) is 3.34. The van der Waals surface area contributed by atoms with Crippen LogP contribution >= 0.6 is 0 Å². The van der Waals surface area contributed by atoms with Gasteiger partial charge in [-0.25, -0.2) is 18.6 Å². The second kappa shape index (κ2) is 5.14. The van der Waals surface area contributed by atoms with Crippen molar-refractivity contribution in [3.05, 3.63) is 29.7 Å². The highest BCUT2D eigenvalue weighted by Crippen LogP contribution is 2.58. The van der Waals surface area contributed by atoms with Crippen LogP contribution in [0.5, 0.6) is 5.75 Å². The molecule has 0 unspecified atom stereocenters. The fourth-order valence-corrected chi connectivity index (χ4v) is 3.93. The summed E-state index contributed by atoms with van der Waals surface area (Å²) in [6.07, 6.45) is 0.769. The van der Waals surface area contributed by atoms with Crippen molar-refractivity contribution in [2.45, 2.75) is 50.2 Å². The van der Waals surface area contributed by atoms with E-state index in [4.69, 9.17) is 9.47 Å². The maximum absolute atomic E-state index is 12.8. The number of carboxylic acid groups (broad SMARTS) is 1. The Hall–Kier alpha value is -2.22. The highest BCUT2D eigenvalue weighted by molar-refractivity contribution is 5.91. The second-order valence-electron chi connectivity index (χ2n) is 7.28. The molecule has 3 aliphatic rings. The first kappa shape index (κ1) is 16.3. The third-order valence-corrected chi connectivity index (χ3v) is 5.12. The summed E-state index contributed by atoms with van der Waals surface area (Å²) in [6.45, 7) is 3.85. The Bertz CT molecular complexity index is 858. The fourth-order valence-electron chi connectivity index (χ4n) is 3.93. The number of alkyl halides is 2. The number of pyridine rings is 1. The molecule has 2 aliphatic heterocycles. The van der Waals surface area contributed by atoms with E-state index in [1.54, 1.807) is 10.6 Å². The van der Waals surface area contributed by atoms with E-state index in [2.05, 4.69) is 11.9 Å². The van der Waals surface area contributed by atoms with Crippen LogP contribution < -0.4 is 4.74 Å². The molecule has 4 heterocycles.